The lowest BCUT2D eigenvalue weighted by Crippen LogP contribution is -2.38. The van der Waals surface area contributed by atoms with Gasteiger partial charge in [-0.2, -0.15) is 0 Å². The molecule has 2 amide bonds. The first kappa shape index (κ1) is 16.5. The Labute approximate surface area is 134 Å². The Balaban J connectivity index is 1.94. The number of hydrogen-bond acceptors (Lipinski definition) is 4. The van der Waals surface area contributed by atoms with Crippen LogP contribution in [0.2, 0.25) is 0 Å². The Morgan fingerprint density at radius 2 is 1.65 bits per heavy atom. The highest BCUT2D eigenvalue weighted by molar-refractivity contribution is 6.39. The lowest BCUT2D eigenvalue weighted by atomic mass is 10.3. The molecule has 6 heteroatoms. The molecule has 2 aromatic carbocycles. The maximum Gasteiger partial charge on any atom is 0.313 e. The van der Waals surface area contributed by atoms with Crippen LogP contribution in [0.5, 0.6) is 11.5 Å². The topological polar surface area (TPSA) is 78.9 Å². The van der Waals surface area contributed by atoms with E-state index in [0.29, 0.717) is 17.2 Å². The fourth-order valence-electron chi connectivity index (χ4n) is 1.84. The predicted molar refractivity (Wildman–Crippen MR) is 86.3 cm³/mol. The zero-order chi connectivity index (χ0) is 16.7. The number of anilines is 1. The summed E-state index contributed by atoms with van der Waals surface area (Å²) in [6.45, 7) is -0.0862. The van der Waals surface area contributed by atoms with Crippen LogP contribution in [0.4, 0.5) is 5.69 Å². The molecule has 0 spiro atoms. The van der Waals surface area contributed by atoms with Gasteiger partial charge in [0.15, 0.2) is 0 Å². The van der Waals surface area contributed by atoms with Gasteiger partial charge in [0.1, 0.15) is 11.5 Å². The molecule has 0 atom stereocenters. The van der Waals surface area contributed by atoms with Crippen LogP contribution >= 0.6 is 0 Å². The van der Waals surface area contributed by atoms with Crippen molar-refractivity contribution in [3.63, 3.8) is 0 Å². The second-order valence-corrected chi connectivity index (χ2v) is 4.84. The summed E-state index contributed by atoms with van der Waals surface area (Å²) >= 11 is 0. The van der Waals surface area contributed by atoms with Crippen molar-refractivity contribution >= 4 is 17.5 Å². The number of rotatable bonds is 5. The minimum Gasteiger partial charge on any atom is -0.457 e. The number of ether oxygens (including phenoxy) is 1. The Hall–Kier alpha value is -2.86. The average Bonchev–Trinajstić information content (AvgIpc) is 2.57. The second-order valence-electron chi connectivity index (χ2n) is 4.84. The van der Waals surface area contributed by atoms with Crippen molar-refractivity contribution in [2.45, 2.75) is 0 Å². The molecule has 6 nitrogen and oxygen atoms in total. The van der Waals surface area contributed by atoms with Gasteiger partial charge in [-0.3, -0.25) is 9.59 Å². The maximum absolute atomic E-state index is 11.8. The molecule has 0 aromatic heterocycles. The first-order chi connectivity index (χ1) is 11.1. The Morgan fingerprint density at radius 3 is 2.26 bits per heavy atom. The van der Waals surface area contributed by atoms with Crippen molar-refractivity contribution in [1.82, 2.24) is 4.90 Å². The number of aliphatic hydroxyl groups is 1. The van der Waals surface area contributed by atoms with Crippen LogP contribution < -0.4 is 10.1 Å². The first-order valence-corrected chi connectivity index (χ1v) is 7.10. The zero-order valence-corrected chi connectivity index (χ0v) is 12.7. The number of nitrogens with one attached hydrogen (secondary N) is 1. The van der Waals surface area contributed by atoms with Crippen molar-refractivity contribution in [3.05, 3.63) is 54.6 Å². The third-order valence-electron chi connectivity index (χ3n) is 3.07. The van der Waals surface area contributed by atoms with Gasteiger partial charge in [0, 0.05) is 19.3 Å². The highest BCUT2D eigenvalue weighted by atomic mass is 16.5. The summed E-state index contributed by atoms with van der Waals surface area (Å²) in [5, 5.41) is 11.3. The van der Waals surface area contributed by atoms with Crippen molar-refractivity contribution in [1.29, 1.82) is 0 Å². The van der Waals surface area contributed by atoms with Crippen LogP contribution in [0.3, 0.4) is 0 Å². The average molecular weight is 314 g/mol. The normalized spacial score (nSPS) is 10.0. The fourth-order valence-corrected chi connectivity index (χ4v) is 1.84. The molecule has 120 valence electrons. The van der Waals surface area contributed by atoms with Crippen molar-refractivity contribution in [3.8, 4) is 11.5 Å². The summed E-state index contributed by atoms with van der Waals surface area (Å²) in [6, 6.07) is 16.0. The number of amides is 2. The summed E-state index contributed by atoms with van der Waals surface area (Å²) in [6.07, 6.45) is 0. The quantitative estimate of drug-likeness (QED) is 0.826. The molecule has 23 heavy (non-hydrogen) atoms. The van der Waals surface area contributed by atoms with Crippen molar-refractivity contribution in [2.75, 3.05) is 25.5 Å². The zero-order valence-electron chi connectivity index (χ0n) is 12.7. The largest absolute Gasteiger partial charge is 0.457 e. The highest BCUT2D eigenvalue weighted by Crippen LogP contribution is 2.22. The van der Waals surface area contributed by atoms with E-state index < -0.39 is 11.8 Å². The van der Waals surface area contributed by atoms with E-state index in [4.69, 9.17) is 9.84 Å². The monoisotopic (exact) mass is 314 g/mol. The molecular weight excluding hydrogens is 296 g/mol. The van der Waals surface area contributed by atoms with E-state index >= 15 is 0 Å². The molecule has 0 radical (unpaired) electrons. The summed E-state index contributed by atoms with van der Waals surface area (Å²) < 4.78 is 5.64. The SMILES string of the molecule is CN(CCO)C(=O)C(=O)Nc1ccc(Oc2ccccc2)cc1. The minimum atomic E-state index is -0.752. The fraction of sp³-hybridized carbons (Fsp3) is 0.176. The third-order valence-corrected chi connectivity index (χ3v) is 3.07. The van der Waals surface area contributed by atoms with E-state index in [1.54, 1.807) is 24.3 Å². The Morgan fingerprint density at radius 1 is 1.04 bits per heavy atom. The molecule has 0 bridgehead atoms. The maximum atomic E-state index is 11.8. The summed E-state index contributed by atoms with van der Waals surface area (Å²) in [7, 11) is 1.45. The van der Waals surface area contributed by atoms with E-state index in [2.05, 4.69) is 5.32 Å². The smallest absolute Gasteiger partial charge is 0.313 e. The molecule has 0 aliphatic heterocycles. The Kier molecular flexibility index (Phi) is 5.71. The first-order valence-electron chi connectivity index (χ1n) is 7.10. The van der Waals surface area contributed by atoms with E-state index in [-0.39, 0.29) is 13.2 Å². The third kappa shape index (κ3) is 4.82. The number of nitrogens with zero attached hydrogens (tertiary/aromatic N) is 1. The number of aliphatic hydroxyl groups excluding tert-OH is 1. The molecule has 2 N–H and O–H groups in total. The van der Waals surface area contributed by atoms with Crippen LogP contribution in [0.15, 0.2) is 54.6 Å². The molecule has 0 heterocycles. The molecule has 0 aliphatic carbocycles. The van der Waals surface area contributed by atoms with E-state index in [9.17, 15) is 9.59 Å². The van der Waals surface area contributed by atoms with E-state index in [0.717, 1.165) is 4.90 Å². The number of likely N-dealkylation sites (N-methyl/N-ethyl adjacent to an activating group) is 1. The number of carbonyl (C=O) groups excluding carboxylic acids is 2. The molecule has 0 fully saturated rings. The predicted octanol–water partition coefficient (Wildman–Crippen LogP) is 1.87. The highest BCUT2D eigenvalue weighted by Gasteiger charge is 2.18. The van der Waals surface area contributed by atoms with E-state index in [1.807, 2.05) is 30.3 Å². The molecule has 0 aliphatic rings. The van der Waals surface area contributed by atoms with Gasteiger partial charge >= 0.3 is 11.8 Å². The van der Waals surface area contributed by atoms with Gasteiger partial charge in [-0.05, 0) is 36.4 Å². The molecule has 0 saturated heterocycles. The lowest BCUT2D eigenvalue weighted by Gasteiger charge is -2.15. The van der Waals surface area contributed by atoms with Gasteiger partial charge in [-0.25, -0.2) is 0 Å². The van der Waals surface area contributed by atoms with Crippen LogP contribution in [-0.2, 0) is 9.59 Å². The van der Waals surface area contributed by atoms with Gasteiger partial charge in [0.2, 0.25) is 0 Å². The van der Waals surface area contributed by atoms with Gasteiger partial charge in [-0.15, -0.1) is 0 Å². The molecule has 2 aromatic rings. The van der Waals surface area contributed by atoms with Gasteiger partial charge in [-0.1, -0.05) is 18.2 Å². The van der Waals surface area contributed by atoms with Gasteiger partial charge in [0.05, 0.1) is 6.61 Å². The molecule has 0 unspecified atom stereocenters. The summed E-state index contributed by atoms with van der Waals surface area (Å²) in [4.78, 5) is 24.7. The minimum absolute atomic E-state index is 0.107. The number of benzene rings is 2. The van der Waals surface area contributed by atoms with E-state index in [1.165, 1.54) is 7.05 Å². The van der Waals surface area contributed by atoms with Crippen LogP contribution in [0.1, 0.15) is 0 Å². The number of hydrogen-bond donors (Lipinski definition) is 2. The van der Waals surface area contributed by atoms with Crippen molar-refractivity contribution in [2.24, 2.45) is 0 Å². The number of carbonyl (C=O) groups is 2. The summed E-state index contributed by atoms with van der Waals surface area (Å²) in [5.74, 6) is -0.121. The van der Waals surface area contributed by atoms with Crippen LogP contribution in [0.25, 0.3) is 0 Å². The molecule has 2 rings (SSSR count). The molecule has 0 saturated carbocycles. The lowest BCUT2D eigenvalue weighted by molar-refractivity contribution is -0.142. The second kappa shape index (κ2) is 7.95. The summed E-state index contributed by atoms with van der Waals surface area (Å²) in [5.41, 5.74) is 0.487. The van der Waals surface area contributed by atoms with Gasteiger partial charge < -0.3 is 20.1 Å². The molecular formula is C17H18N2O4. The Bertz CT molecular complexity index is 656. The van der Waals surface area contributed by atoms with Crippen LogP contribution in [-0.4, -0.2) is 42.0 Å². The number of para-hydroxylation sites is 1. The van der Waals surface area contributed by atoms with Crippen molar-refractivity contribution < 1.29 is 19.4 Å². The van der Waals surface area contributed by atoms with Crippen LogP contribution in [0, 0.1) is 0 Å². The van der Waals surface area contributed by atoms with Gasteiger partial charge in [0.25, 0.3) is 0 Å². The standard InChI is InChI=1S/C17H18N2O4/c1-19(11-12-20)17(22)16(21)18-13-7-9-15(10-8-13)23-14-5-3-2-4-6-14/h2-10,20H,11-12H2,1H3,(H,18,21).